The van der Waals surface area contributed by atoms with Crippen molar-refractivity contribution in [1.29, 1.82) is 0 Å². The highest BCUT2D eigenvalue weighted by Gasteiger charge is 2.24. The summed E-state index contributed by atoms with van der Waals surface area (Å²) in [7, 11) is 0. The fraction of sp³-hybridized carbons (Fsp3) is 0.0909. The van der Waals surface area contributed by atoms with Gasteiger partial charge in [-0.15, -0.1) is 0 Å². The molecule has 1 aliphatic heterocycles. The van der Waals surface area contributed by atoms with Crippen LogP contribution in [0.15, 0.2) is 24.3 Å². The Morgan fingerprint density at radius 2 is 2.06 bits per heavy atom. The number of hydrogen-bond donors (Lipinski definition) is 2. The van der Waals surface area contributed by atoms with Crippen molar-refractivity contribution in [2.24, 2.45) is 0 Å². The van der Waals surface area contributed by atoms with Gasteiger partial charge in [-0.25, -0.2) is 15.0 Å². The topological polar surface area (TPSA) is 68.2 Å². The number of nitrogens with one attached hydrogen (secondary N) is 2. The van der Waals surface area contributed by atoms with Gasteiger partial charge in [0, 0.05) is 5.02 Å². The molecule has 0 atom stereocenters. The van der Waals surface area contributed by atoms with Crippen LogP contribution < -0.4 is 10.8 Å². The van der Waals surface area contributed by atoms with Crippen LogP contribution in [0, 0.1) is 6.92 Å². The lowest BCUT2D eigenvalue weighted by Crippen LogP contribution is -2.24. The zero-order valence-electron chi connectivity index (χ0n) is 9.40. The van der Waals surface area contributed by atoms with Crippen molar-refractivity contribution < 1.29 is 9.63 Å². The second-order valence-corrected chi connectivity index (χ2v) is 4.25. The highest BCUT2D eigenvalue weighted by molar-refractivity contribution is 6.30. The smallest absolute Gasteiger partial charge is 0.324 e. The third-order valence-corrected chi connectivity index (χ3v) is 2.85. The Balaban J connectivity index is 2.13. The summed E-state index contributed by atoms with van der Waals surface area (Å²) in [5.74, 6) is 0.547. The molecule has 7 heteroatoms. The van der Waals surface area contributed by atoms with Gasteiger partial charge in [-0.3, -0.25) is 5.32 Å². The van der Waals surface area contributed by atoms with E-state index in [-0.39, 0.29) is 0 Å². The molecular weight excluding hydrogens is 256 g/mol. The van der Waals surface area contributed by atoms with Gasteiger partial charge < -0.3 is 4.84 Å². The molecule has 1 aromatic carbocycles. The molecule has 2 N–H and O–H groups in total. The normalized spacial score (nSPS) is 13.3. The van der Waals surface area contributed by atoms with Crippen LogP contribution in [0.1, 0.15) is 5.69 Å². The van der Waals surface area contributed by atoms with Gasteiger partial charge >= 0.3 is 6.09 Å². The quantitative estimate of drug-likeness (QED) is 0.831. The van der Waals surface area contributed by atoms with Crippen LogP contribution in [0.4, 0.5) is 16.3 Å². The molecule has 92 valence electrons. The van der Waals surface area contributed by atoms with Gasteiger partial charge in [-0.1, -0.05) is 11.6 Å². The molecular formula is C11H9ClN4O2. The summed E-state index contributed by atoms with van der Waals surface area (Å²) in [4.78, 5) is 15.9. The maximum Gasteiger partial charge on any atom is 0.437 e. The molecule has 6 nitrogen and oxygen atoms in total. The Hall–Kier alpha value is -2.21. The van der Waals surface area contributed by atoms with Crippen LogP contribution in [0.5, 0.6) is 0 Å². The first-order valence-electron chi connectivity index (χ1n) is 5.24. The van der Waals surface area contributed by atoms with Crippen LogP contribution in [0.2, 0.25) is 5.02 Å². The van der Waals surface area contributed by atoms with Gasteiger partial charge in [0.15, 0.2) is 5.82 Å². The van der Waals surface area contributed by atoms with Crippen LogP contribution in [-0.2, 0) is 4.84 Å². The predicted molar refractivity (Wildman–Crippen MR) is 67.0 cm³/mol. The van der Waals surface area contributed by atoms with E-state index in [1.54, 1.807) is 16.8 Å². The maximum absolute atomic E-state index is 11.2. The van der Waals surface area contributed by atoms with E-state index in [0.29, 0.717) is 16.5 Å². The molecule has 1 aromatic heterocycles. The monoisotopic (exact) mass is 264 g/mol. The van der Waals surface area contributed by atoms with E-state index in [9.17, 15) is 4.79 Å². The van der Waals surface area contributed by atoms with Crippen molar-refractivity contribution in [2.75, 3.05) is 10.8 Å². The number of hydrogen-bond acceptors (Lipinski definition) is 4. The van der Waals surface area contributed by atoms with Crippen LogP contribution in [0.25, 0.3) is 5.69 Å². The molecule has 0 unspecified atom stereocenters. The summed E-state index contributed by atoms with van der Waals surface area (Å²) in [6.07, 6.45) is -0.572. The molecule has 2 aromatic rings. The predicted octanol–water partition coefficient (Wildman–Crippen LogP) is 2.72. The molecule has 3 rings (SSSR count). The lowest BCUT2D eigenvalue weighted by atomic mass is 10.3. The summed E-state index contributed by atoms with van der Waals surface area (Å²) in [6.45, 7) is 1.82. The number of benzene rings is 1. The van der Waals surface area contributed by atoms with Crippen LogP contribution in [0.3, 0.4) is 0 Å². The summed E-state index contributed by atoms with van der Waals surface area (Å²) in [5, 5.41) is 7.59. The zero-order chi connectivity index (χ0) is 12.7. The summed E-state index contributed by atoms with van der Waals surface area (Å²) in [5.41, 5.74) is 4.72. The first-order chi connectivity index (χ1) is 8.65. The zero-order valence-corrected chi connectivity index (χ0v) is 10.2. The first-order valence-corrected chi connectivity index (χ1v) is 5.62. The number of halogens is 1. The third-order valence-electron chi connectivity index (χ3n) is 2.60. The van der Waals surface area contributed by atoms with E-state index >= 15 is 0 Å². The van der Waals surface area contributed by atoms with Gasteiger partial charge in [0.1, 0.15) is 5.69 Å². The number of aryl methyl sites for hydroxylation is 1. The molecule has 0 bridgehead atoms. The van der Waals surface area contributed by atoms with Gasteiger partial charge in [-0.2, -0.15) is 5.10 Å². The number of rotatable bonds is 1. The molecule has 0 saturated carbocycles. The summed E-state index contributed by atoms with van der Waals surface area (Å²) >= 11 is 5.84. The van der Waals surface area contributed by atoms with Crippen molar-refractivity contribution in [1.82, 2.24) is 9.78 Å². The molecule has 0 spiro atoms. The summed E-state index contributed by atoms with van der Waals surface area (Å²) in [6, 6.07) is 7.15. The molecule has 0 aliphatic carbocycles. The number of fused-ring (bicyclic) bond motifs is 1. The highest BCUT2D eigenvalue weighted by atomic mass is 35.5. The molecule has 2 heterocycles. The second kappa shape index (κ2) is 3.92. The van der Waals surface area contributed by atoms with E-state index in [1.807, 2.05) is 19.1 Å². The van der Waals surface area contributed by atoms with E-state index in [2.05, 4.69) is 20.7 Å². The Morgan fingerprint density at radius 1 is 1.33 bits per heavy atom. The first kappa shape index (κ1) is 10.9. The average molecular weight is 265 g/mol. The molecule has 1 aliphatic rings. The number of carbonyl (C=O) groups excluding carboxylic acids is 1. The van der Waals surface area contributed by atoms with Gasteiger partial charge in [0.2, 0.25) is 0 Å². The van der Waals surface area contributed by atoms with Crippen molar-refractivity contribution >= 4 is 29.2 Å². The minimum Gasteiger partial charge on any atom is -0.324 e. The minimum atomic E-state index is -0.572. The minimum absolute atomic E-state index is 0.547. The van der Waals surface area contributed by atoms with E-state index in [0.717, 1.165) is 11.4 Å². The van der Waals surface area contributed by atoms with Gasteiger partial charge in [0.05, 0.1) is 11.4 Å². The molecule has 0 radical (unpaired) electrons. The van der Waals surface area contributed by atoms with E-state index in [4.69, 9.17) is 11.6 Å². The average Bonchev–Trinajstić information content (AvgIpc) is 2.67. The summed E-state index contributed by atoms with van der Waals surface area (Å²) < 4.78 is 1.62. The SMILES string of the molecule is Cc1nn(-c2ccc(Cl)cc2)c2c1NOC(=O)N2. The van der Waals surface area contributed by atoms with Crippen molar-refractivity contribution in [2.45, 2.75) is 6.92 Å². The van der Waals surface area contributed by atoms with Crippen LogP contribution in [-0.4, -0.2) is 15.9 Å². The van der Waals surface area contributed by atoms with Gasteiger partial charge in [0.25, 0.3) is 0 Å². The number of aromatic nitrogens is 2. The molecule has 18 heavy (non-hydrogen) atoms. The molecule has 1 amide bonds. The Labute approximate surface area is 107 Å². The Kier molecular flexibility index (Phi) is 2.38. The number of anilines is 2. The van der Waals surface area contributed by atoms with Crippen molar-refractivity contribution in [3.05, 3.63) is 35.0 Å². The van der Waals surface area contributed by atoms with Gasteiger partial charge in [-0.05, 0) is 31.2 Å². The number of amides is 1. The van der Waals surface area contributed by atoms with Crippen LogP contribution >= 0.6 is 11.6 Å². The fourth-order valence-corrected chi connectivity index (χ4v) is 1.88. The second-order valence-electron chi connectivity index (χ2n) is 3.81. The third kappa shape index (κ3) is 1.67. The lowest BCUT2D eigenvalue weighted by molar-refractivity contribution is 0.183. The maximum atomic E-state index is 11.2. The highest BCUT2D eigenvalue weighted by Crippen LogP contribution is 2.31. The standard InChI is InChI=1S/C11H9ClN4O2/c1-6-9-10(13-11(17)18-15-9)16(14-6)8-4-2-7(12)3-5-8/h2-5,15H,1H3,(H,13,17). The van der Waals surface area contributed by atoms with E-state index < -0.39 is 6.09 Å². The van der Waals surface area contributed by atoms with Crippen molar-refractivity contribution in [3.8, 4) is 5.69 Å². The number of carbonyl (C=O) groups is 1. The molecule has 0 fully saturated rings. The fourth-order valence-electron chi connectivity index (χ4n) is 1.75. The Morgan fingerprint density at radius 3 is 2.78 bits per heavy atom. The Bertz CT molecular complexity index is 621. The van der Waals surface area contributed by atoms with E-state index in [1.165, 1.54) is 0 Å². The van der Waals surface area contributed by atoms with Crippen molar-refractivity contribution in [3.63, 3.8) is 0 Å². The lowest BCUT2D eigenvalue weighted by Gasteiger charge is -2.16. The number of nitrogens with zero attached hydrogens (tertiary/aromatic N) is 2. The molecule has 0 saturated heterocycles. The largest absolute Gasteiger partial charge is 0.437 e.